The minimum atomic E-state index is -0.285. The van der Waals surface area contributed by atoms with Gasteiger partial charge in [0.1, 0.15) is 11.9 Å². The van der Waals surface area contributed by atoms with Crippen molar-refractivity contribution in [3.63, 3.8) is 0 Å². The average Bonchev–Trinajstić information content (AvgIpc) is 3.16. The summed E-state index contributed by atoms with van der Waals surface area (Å²) in [7, 11) is 0. The van der Waals surface area contributed by atoms with Gasteiger partial charge in [-0.15, -0.1) is 0 Å². The Labute approximate surface area is 156 Å². The Kier molecular flexibility index (Phi) is 4.87. The van der Waals surface area contributed by atoms with Crippen LogP contribution in [0.3, 0.4) is 0 Å². The van der Waals surface area contributed by atoms with Gasteiger partial charge in [-0.2, -0.15) is 0 Å². The Morgan fingerprint density at radius 1 is 1.15 bits per heavy atom. The van der Waals surface area contributed by atoms with Gasteiger partial charge < -0.3 is 15.0 Å². The first-order valence-corrected chi connectivity index (χ1v) is 8.97. The number of nitrogens with one attached hydrogen (secondary N) is 1. The van der Waals surface area contributed by atoms with Crippen LogP contribution in [-0.4, -0.2) is 35.1 Å². The molecule has 4 rings (SSSR count). The molecule has 1 atom stereocenters. The Bertz CT molecular complexity index is 946. The van der Waals surface area contributed by atoms with Crippen molar-refractivity contribution >= 4 is 16.9 Å². The van der Waals surface area contributed by atoms with Crippen LogP contribution in [0.15, 0.2) is 60.7 Å². The van der Waals surface area contributed by atoms with Crippen LogP contribution in [0.25, 0.3) is 10.9 Å². The van der Waals surface area contributed by atoms with Gasteiger partial charge in [-0.3, -0.25) is 0 Å². The topological polar surface area (TPSA) is 54.5 Å². The number of nitrogens with zero attached hydrogens (tertiary/aromatic N) is 2. The Hall–Kier alpha value is -3.15. The number of amides is 2. The minimum Gasteiger partial charge on any atom is -0.472 e. The SMILES string of the molecule is O=C(NCc1ccc(F)cc1)N1CCC(Oc2ccc3ccccc3n2)C1. The van der Waals surface area contributed by atoms with Gasteiger partial charge in [0.05, 0.1) is 12.1 Å². The van der Waals surface area contributed by atoms with Gasteiger partial charge in [0.25, 0.3) is 0 Å². The first-order chi connectivity index (χ1) is 13.2. The Balaban J connectivity index is 1.31. The molecule has 6 heteroatoms. The van der Waals surface area contributed by atoms with Gasteiger partial charge >= 0.3 is 6.03 Å². The number of urea groups is 1. The summed E-state index contributed by atoms with van der Waals surface area (Å²) in [6.45, 7) is 1.52. The van der Waals surface area contributed by atoms with E-state index in [0.717, 1.165) is 22.9 Å². The Morgan fingerprint density at radius 3 is 2.81 bits per heavy atom. The predicted octanol–water partition coefficient (Wildman–Crippen LogP) is 3.74. The van der Waals surface area contributed by atoms with Crippen LogP contribution in [0.5, 0.6) is 5.88 Å². The summed E-state index contributed by atoms with van der Waals surface area (Å²) in [6.07, 6.45) is 0.689. The summed E-state index contributed by atoms with van der Waals surface area (Å²) in [5, 5.41) is 3.93. The molecule has 5 nitrogen and oxygen atoms in total. The van der Waals surface area contributed by atoms with Gasteiger partial charge in [0.15, 0.2) is 0 Å². The molecule has 1 fully saturated rings. The molecular formula is C21H20FN3O2. The number of aromatic nitrogens is 1. The van der Waals surface area contributed by atoms with E-state index < -0.39 is 0 Å². The first-order valence-electron chi connectivity index (χ1n) is 8.97. The number of pyridine rings is 1. The first kappa shape index (κ1) is 17.3. The fourth-order valence-electron chi connectivity index (χ4n) is 3.18. The van der Waals surface area contributed by atoms with Gasteiger partial charge in [-0.05, 0) is 29.8 Å². The highest BCUT2D eigenvalue weighted by Gasteiger charge is 2.27. The number of para-hydroxylation sites is 1. The van der Waals surface area contributed by atoms with Crippen molar-refractivity contribution < 1.29 is 13.9 Å². The monoisotopic (exact) mass is 365 g/mol. The molecule has 0 saturated carbocycles. The molecule has 2 heterocycles. The summed E-state index contributed by atoms with van der Waals surface area (Å²) >= 11 is 0. The van der Waals surface area contributed by atoms with E-state index in [1.165, 1.54) is 12.1 Å². The number of benzene rings is 2. The third-order valence-electron chi connectivity index (χ3n) is 4.65. The van der Waals surface area contributed by atoms with Crippen LogP contribution in [0.2, 0.25) is 0 Å². The molecule has 1 aliphatic rings. The second kappa shape index (κ2) is 7.61. The summed E-state index contributed by atoms with van der Waals surface area (Å²) in [5.41, 5.74) is 1.75. The second-order valence-electron chi connectivity index (χ2n) is 6.60. The normalized spacial score (nSPS) is 16.5. The van der Waals surface area contributed by atoms with Crippen LogP contribution in [0.1, 0.15) is 12.0 Å². The fourth-order valence-corrected chi connectivity index (χ4v) is 3.18. The van der Waals surface area contributed by atoms with Gasteiger partial charge in [0.2, 0.25) is 5.88 Å². The molecule has 3 aromatic rings. The van der Waals surface area contributed by atoms with Crippen LogP contribution in [0, 0.1) is 5.82 Å². The van der Waals surface area contributed by atoms with Crippen molar-refractivity contribution in [2.75, 3.05) is 13.1 Å². The van der Waals surface area contributed by atoms with Crippen molar-refractivity contribution in [1.82, 2.24) is 15.2 Å². The van der Waals surface area contributed by atoms with Crippen molar-refractivity contribution in [2.45, 2.75) is 19.1 Å². The van der Waals surface area contributed by atoms with E-state index in [4.69, 9.17) is 4.74 Å². The number of hydrogen-bond donors (Lipinski definition) is 1. The van der Waals surface area contributed by atoms with E-state index in [2.05, 4.69) is 10.3 Å². The van der Waals surface area contributed by atoms with Crippen molar-refractivity contribution in [3.8, 4) is 5.88 Å². The molecule has 2 amide bonds. The number of ether oxygens (including phenoxy) is 1. The Morgan fingerprint density at radius 2 is 1.96 bits per heavy atom. The van der Waals surface area contributed by atoms with E-state index in [1.807, 2.05) is 36.4 Å². The largest absolute Gasteiger partial charge is 0.472 e. The van der Waals surface area contributed by atoms with Gasteiger partial charge in [0, 0.05) is 31.0 Å². The lowest BCUT2D eigenvalue weighted by Crippen LogP contribution is -2.39. The number of fused-ring (bicyclic) bond motifs is 1. The highest BCUT2D eigenvalue weighted by molar-refractivity contribution is 5.78. The molecule has 0 spiro atoms. The van der Waals surface area contributed by atoms with Crippen LogP contribution in [-0.2, 0) is 6.54 Å². The number of halogens is 1. The zero-order chi connectivity index (χ0) is 18.6. The van der Waals surface area contributed by atoms with Crippen LogP contribution < -0.4 is 10.1 Å². The highest BCUT2D eigenvalue weighted by Crippen LogP contribution is 2.20. The third kappa shape index (κ3) is 4.16. The molecule has 0 aliphatic carbocycles. The predicted molar refractivity (Wildman–Crippen MR) is 101 cm³/mol. The summed E-state index contributed by atoms with van der Waals surface area (Å²) in [5.74, 6) is 0.291. The molecule has 138 valence electrons. The van der Waals surface area contributed by atoms with E-state index in [-0.39, 0.29) is 18.0 Å². The fraction of sp³-hybridized carbons (Fsp3) is 0.238. The maximum Gasteiger partial charge on any atom is 0.317 e. The van der Waals surface area contributed by atoms with Gasteiger partial charge in [-0.25, -0.2) is 14.2 Å². The molecule has 1 unspecified atom stereocenters. The number of carbonyl (C=O) groups is 1. The number of rotatable bonds is 4. The van der Waals surface area contributed by atoms with Crippen molar-refractivity contribution in [3.05, 3.63) is 72.0 Å². The zero-order valence-electron chi connectivity index (χ0n) is 14.8. The van der Waals surface area contributed by atoms with E-state index >= 15 is 0 Å². The average molecular weight is 365 g/mol. The molecule has 1 aromatic heterocycles. The maximum atomic E-state index is 12.9. The number of hydrogen-bond acceptors (Lipinski definition) is 3. The van der Waals surface area contributed by atoms with Crippen molar-refractivity contribution in [2.24, 2.45) is 0 Å². The molecular weight excluding hydrogens is 345 g/mol. The molecule has 1 N–H and O–H groups in total. The molecule has 2 aromatic carbocycles. The summed E-state index contributed by atoms with van der Waals surface area (Å²) in [6, 6.07) is 17.7. The standard InChI is InChI=1S/C21H20FN3O2/c22-17-8-5-15(6-9-17)13-23-21(26)25-12-11-18(14-25)27-20-10-7-16-3-1-2-4-19(16)24-20/h1-10,18H,11-14H2,(H,23,26). The molecule has 0 bridgehead atoms. The van der Waals surface area contributed by atoms with Crippen LogP contribution in [0.4, 0.5) is 9.18 Å². The molecule has 0 radical (unpaired) electrons. The quantitative estimate of drug-likeness (QED) is 0.766. The minimum absolute atomic E-state index is 0.0739. The molecule has 27 heavy (non-hydrogen) atoms. The number of likely N-dealkylation sites (tertiary alicyclic amines) is 1. The van der Waals surface area contributed by atoms with E-state index in [9.17, 15) is 9.18 Å². The second-order valence-corrected chi connectivity index (χ2v) is 6.60. The summed E-state index contributed by atoms with van der Waals surface area (Å²) < 4.78 is 18.9. The lowest BCUT2D eigenvalue weighted by Gasteiger charge is -2.18. The van der Waals surface area contributed by atoms with E-state index in [1.54, 1.807) is 17.0 Å². The smallest absolute Gasteiger partial charge is 0.317 e. The third-order valence-corrected chi connectivity index (χ3v) is 4.65. The number of carbonyl (C=O) groups excluding carboxylic acids is 1. The maximum absolute atomic E-state index is 12.9. The highest BCUT2D eigenvalue weighted by atomic mass is 19.1. The lowest BCUT2D eigenvalue weighted by atomic mass is 10.2. The molecule has 1 saturated heterocycles. The lowest BCUT2D eigenvalue weighted by molar-refractivity contribution is 0.183. The van der Waals surface area contributed by atoms with Crippen LogP contribution >= 0.6 is 0 Å². The molecule has 1 aliphatic heterocycles. The van der Waals surface area contributed by atoms with Gasteiger partial charge in [-0.1, -0.05) is 30.3 Å². The summed E-state index contributed by atoms with van der Waals surface area (Å²) in [4.78, 5) is 18.6. The zero-order valence-corrected chi connectivity index (χ0v) is 14.8. The van der Waals surface area contributed by atoms with E-state index in [0.29, 0.717) is 25.5 Å². The van der Waals surface area contributed by atoms with Crippen molar-refractivity contribution in [1.29, 1.82) is 0 Å².